The Bertz CT molecular complexity index is 424. The molecule has 18 heavy (non-hydrogen) atoms. The molecule has 0 unspecified atom stereocenters. The van der Waals surface area contributed by atoms with E-state index in [9.17, 15) is 0 Å². The minimum absolute atomic E-state index is 0.119. The topological polar surface area (TPSA) is 21.7 Å². The van der Waals surface area contributed by atoms with Crippen molar-refractivity contribution in [2.75, 3.05) is 27.3 Å². The van der Waals surface area contributed by atoms with Crippen molar-refractivity contribution in [1.82, 2.24) is 4.90 Å². The molecule has 1 aliphatic heterocycles. The molecule has 0 bridgehead atoms. The Morgan fingerprint density at radius 2 is 1.94 bits per heavy atom. The molecule has 1 aromatic rings. The van der Waals surface area contributed by atoms with Gasteiger partial charge in [0.1, 0.15) is 0 Å². The summed E-state index contributed by atoms with van der Waals surface area (Å²) in [5.74, 6) is 0. The standard InChI is InChI=1S/C15H21NO2/c1-17-14(18-2)10-16-9-12-5-3-4-6-13(12)15(11-16)7-8-15/h3-6,14H,7-11H2,1-2H3. The van der Waals surface area contributed by atoms with E-state index in [1.54, 1.807) is 19.8 Å². The zero-order valence-electron chi connectivity index (χ0n) is 11.2. The van der Waals surface area contributed by atoms with Crippen molar-refractivity contribution in [3.8, 4) is 0 Å². The molecule has 2 aliphatic rings. The molecule has 1 saturated carbocycles. The van der Waals surface area contributed by atoms with Gasteiger partial charge in [-0.15, -0.1) is 0 Å². The average molecular weight is 247 g/mol. The Kier molecular flexibility index (Phi) is 3.14. The highest BCUT2D eigenvalue weighted by atomic mass is 16.7. The van der Waals surface area contributed by atoms with Gasteiger partial charge in [0, 0.05) is 39.3 Å². The lowest BCUT2D eigenvalue weighted by Gasteiger charge is -2.36. The number of nitrogens with zero attached hydrogens (tertiary/aromatic N) is 1. The maximum atomic E-state index is 5.31. The van der Waals surface area contributed by atoms with Crippen molar-refractivity contribution in [2.24, 2.45) is 0 Å². The number of methoxy groups -OCH3 is 2. The first kappa shape index (κ1) is 12.2. The van der Waals surface area contributed by atoms with Crippen LogP contribution in [0.2, 0.25) is 0 Å². The molecule has 0 radical (unpaired) electrons. The van der Waals surface area contributed by atoms with Crippen LogP contribution in [0.5, 0.6) is 0 Å². The summed E-state index contributed by atoms with van der Waals surface area (Å²) in [6.07, 6.45) is 2.53. The third-order valence-corrected chi connectivity index (χ3v) is 4.30. The highest BCUT2D eigenvalue weighted by molar-refractivity contribution is 5.41. The summed E-state index contributed by atoms with van der Waals surface area (Å²) in [6.45, 7) is 3.01. The molecular weight excluding hydrogens is 226 g/mol. The van der Waals surface area contributed by atoms with Gasteiger partial charge in [-0.05, 0) is 24.0 Å². The van der Waals surface area contributed by atoms with Gasteiger partial charge in [-0.2, -0.15) is 0 Å². The van der Waals surface area contributed by atoms with Gasteiger partial charge in [0.05, 0.1) is 0 Å². The number of hydrogen-bond acceptors (Lipinski definition) is 3. The van der Waals surface area contributed by atoms with Gasteiger partial charge in [0.15, 0.2) is 6.29 Å². The molecule has 98 valence electrons. The Labute approximate surface area is 109 Å². The molecule has 1 aromatic carbocycles. The molecule has 3 rings (SSSR count). The van der Waals surface area contributed by atoms with Gasteiger partial charge < -0.3 is 9.47 Å². The number of rotatable bonds is 4. The highest BCUT2D eigenvalue weighted by Crippen LogP contribution is 2.52. The van der Waals surface area contributed by atoms with Gasteiger partial charge in [0.25, 0.3) is 0 Å². The minimum atomic E-state index is -0.119. The fourth-order valence-corrected chi connectivity index (χ4v) is 3.15. The van der Waals surface area contributed by atoms with Gasteiger partial charge in [0.2, 0.25) is 0 Å². The van der Waals surface area contributed by atoms with E-state index in [1.165, 1.54) is 18.4 Å². The van der Waals surface area contributed by atoms with E-state index in [4.69, 9.17) is 9.47 Å². The lowest BCUT2D eigenvalue weighted by Crippen LogP contribution is -2.42. The van der Waals surface area contributed by atoms with Crippen LogP contribution in [0.15, 0.2) is 24.3 Å². The largest absolute Gasteiger partial charge is 0.355 e. The summed E-state index contributed by atoms with van der Waals surface area (Å²) < 4.78 is 10.6. The molecule has 1 spiro atoms. The zero-order chi connectivity index (χ0) is 12.6. The minimum Gasteiger partial charge on any atom is -0.355 e. The van der Waals surface area contributed by atoms with Crippen molar-refractivity contribution in [1.29, 1.82) is 0 Å². The number of ether oxygens (including phenoxy) is 2. The molecule has 0 amide bonds. The molecular formula is C15H21NO2. The summed E-state index contributed by atoms with van der Waals surface area (Å²) in [6, 6.07) is 8.88. The van der Waals surface area contributed by atoms with Crippen molar-refractivity contribution in [3.05, 3.63) is 35.4 Å². The number of fused-ring (bicyclic) bond motifs is 2. The summed E-state index contributed by atoms with van der Waals surface area (Å²) in [5.41, 5.74) is 3.49. The predicted molar refractivity (Wildman–Crippen MR) is 70.4 cm³/mol. The van der Waals surface area contributed by atoms with Crippen LogP contribution >= 0.6 is 0 Å². The van der Waals surface area contributed by atoms with Crippen LogP contribution in [0.1, 0.15) is 24.0 Å². The molecule has 0 N–H and O–H groups in total. The second-order valence-corrected chi connectivity index (χ2v) is 5.51. The van der Waals surface area contributed by atoms with Crippen molar-refractivity contribution in [2.45, 2.75) is 31.1 Å². The van der Waals surface area contributed by atoms with Crippen molar-refractivity contribution >= 4 is 0 Å². The van der Waals surface area contributed by atoms with Crippen LogP contribution in [-0.2, 0) is 21.4 Å². The molecule has 0 aromatic heterocycles. The zero-order valence-corrected chi connectivity index (χ0v) is 11.2. The van der Waals surface area contributed by atoms with E-state index < -0.39 is 0 Å². The first-order valence-corrected chi connectivity index (χ1v) is 6.64. The van der Waals surface area contributed by atoms with E-state index in [2.05, 4.69) is 29.2 Å². The van der Waals surface area contributed by atoms with Gasteiger partial charge >= 0.3 is 0 Å². The molecule has 1 fully saturated rings. The molecule has 3 heteroatoms. The van der Waals surface area contributed by atoms with Crippen LogP contribution in [0.25, 0.3) is 0 Å². The second-order valence-electron chi connectivity index (χ2n) is 5.51. The molecule has 3 nitrogen and oxygen atoms in total. The number of benzene rings is 1. The third-order valence-electron chi connectivity index (χ3n) is 4.30. The van der Waals surface area contributed by atoms with Crippen LogP contribution in [0, 0.1) is 0 Å². The second kappa shape index (κ2) is 4.65. The lowest BCUT2D eigenvalue weighted by molar-refractivity contribution is -0.118. The van der Waals surface area contributed by atoms with E-state index in [1.807, 2.05) is 0 Å². The molecule has 1 heterocycles. The molecule has 0 atom stereocenters. The van der Waals surface area contributed by atoms with Gasteiger partial charge in [-0.3, -0.25) is 4.90 Å². The Morgan fingerprint density at radius 1 is 1.22 bits per heavy atom. The fourth-order valence-electron chi connectivity index (χ4n) is 3.15. The summed E-state index contributed by atoms with van der Waals surface area (Å²) in [4.78, 5) is 2.47. The van der Waals surface area contributed by atoms with E-state index in [0.717, 1.165) is 19.6 Å². The molecule has 0 saturated heterocycles. The number of hydrogen-bond donors (Lipinski definition) is 0. The first-order chi connectivity index (χ1) is 8.77. The summed E-state index contributed by atoms with van der Waals surface area (Å²) in [7, 11) is 3.41. The Morgan fingerprint density at radius 3 is 2.61 bits per heavy atom. The highest BCUT2D eigenvalue weighted by Gasteiger charge is 2.48. The quantitative estimate of drug-likeness (QED) is 0.761. The lowest BCUT2D eigenvalue weighted by atomic mass is 9.87. The van der Waals surface area contributed by atoms with E-state index in [0.29, 0.717) is 5.41 Å². The Hall–Kier alpha value is -0.900. The smallest absolute Gasteiger partial charge is 0.169 e. The predicted octanol–water partition coefficient (Wildman–Crippen LogP) is 2.15. The Balaban J connectivity index is 1.78. The SMILES string of the molecule is COC(CN1Cc2ccccc2C2(CC2)C1)OC. The van der Waals surface area contributed by atoms with Crippen LogP contribution in [0.3, 0.4) is 0 Å². The fraction of sp³-hybridized carbons (Fsp3) is 0.600. The monoisotopic (exact) mass is 247 g/mol. The third kappa shape index (κ3) is 2.07. The normalized spacial score (nSPS) is 21.3. The summed E-state index contributed by atoms with van der Waals surface area (Å²) >= 11 is 0. The van der Waals surface area contributed by atoms with Crippen molar-refractivity contribution < 1.29 is 9.47 Å². The van der Waals surface area contributed by atoms with E-state index in [-0.39, 0.29) is 6.29 Å². The van der Waals surface area contributed by atoms with Crippen LogP contribution < -0.4 is 0 Å². The van der Waals surface area contributed by atoms with Crippen molar-refractivity contribution in [3.63, 3.8) is 0 Å². The average Bonchev–Trinajstić information content (AvgIpc) is 3.16. The van der Waals surface area contributed by atoms with Gasteiger partial charge in [-0.25, -0.2) is 0 Å². The van der Waals surface area contributed by atoms with Crippen LogP contribution in [-0.4, -0.2) is 38.5 Å². The van der Waals surface area contributed by atoms with Crippen LogP contribution in [0.4, 0.5) is 0 Å². The maximum absolute atomic E-state index is 5.31. The molecule has 1 aliphatic carbocycles. The van der Waals surface area contributed by atoms with E-state index >= 15 is 0 Å². The maximum Gasteiger partial charge on any atom is 0.169 e. The summed E-state index contributed by atoms with van der Waals surface area (Å²) in [5, 5.41) is 0. The van der Waals surface area contributed by atoms with Gasteiger partial charge in [-0.1, -0.05) is 24.3 Å². The first-order valence-electron chi connectivity index (χ1n) is 6.64.